The molecule has 4 aromatic rings. The van der Waals surface area contributed by atoms with Gasteiger partial charge in [0, 0.05) is 35.5 Å². The van der Waals surface area contributed by atoms with E-state index in [1.807, 2.05) is 24.3 Å². The summed E-state index contributed by atoms with van der Waals surface area (Å²) in [5, 5.41) is 4.74. The summed E-state index contributed by atoms with van der Waals surface area (Å²) in [6, 6.07) is 9.30. The number of aryl methyl sites for hydroxylation is 1. The van der Waals surface area contributed by atoms with E-state index >= 15 is 0 Å². The van der Waals surface area contributed by atoms with Crippen molar-refractivity contribution in [3.05, 3.63) is 64.6 Å². The third-order valence-electron chi connectivity index (χ3n) is 4.78. The van der Waals surface area contributed by atoms with Crippen molar-refractivity contribution in [2.45, 2.75) is 30.2 Å². The predicted molar refractivity (Wildman–Crippen MR) is 115 cm³/mol. The van der Waals surface area contributed by atoms with Crippen LogP contribution in [-0.2, 0) is 12.2 Å². The first kappa shape index (κ1) is 19.0. The lowest BCUT2D eigenvalue weighted by Gasteiger charge is -2.05. The SMILES string of the molecule is O=C(Nc1nc2c(s1)C(=O)CCC2)c1oc2ccccc2c1CSc1ncccn1. The van der Waals surface area contributed by atoms with Crippen molar-refractivity contribution in [1.82, 2.24) is 15.0 Å². The Morgan fingerprint density at radius 2 is 2.00 bits per heavy atom. The van der Waals surface area contributed by atoms with Crippen molar-refractivity contribution in [2.75, 3.05) is 5.32 Å². The van der Waals surface area contributed by atoms with E-state index in [4.69, 9.17) is 4.42 Å². The number of nitrogens with one attached hydrogen (secondary N) is 1. The predicted octanol–water partition coefficient (Wildman–Crippen LogP) is 4.74. The number of hydrogen-bond acceptors (Lipinski definition) is 8. The third kappa shape index (κ3) is 3.61. The van der Waals surface area contributed by atoms with Crippen molar-refractivity contribution in [1.29, 1.82) is 0 Å². The fourth-order valence-corrected chi connectivity index (χ4v) is 5.20. The molecule has 0 radical (unpaired) electrons. The molecule has 0 aliphatic heterocycles. The zero-order chi connectivity index (χ0) is 20.5. The second-order valence-electron chi connectivity index (χ2n) is 6.75. The van der Waals surface area contributed by atoms with Gasteiger partial charge in [0.2, 0.25) is 0 Å². The highest BCUT2D eigenvalue weighted by molar-refractivity contribution is 7.98. The molecule has 3 heterocycles. The molecule has 0 spiro atoms. The van der Waals surface area contributed by atoms with Gasteiger partial charge in [-0.1, -0.05) is 41.3 Å². The van der Waals surface area contributed by atoms with E-state index in [-0.39, 0.29) is 17.5 Å². The molecule has 1 aromatic carbocycles. The topological polar surface area (TPSA) is 98.0 Å². The molecule has 1 amide bonds. The van der Waals surface area contributed by atoms with Gasteiger partial charge in [-0.05, 0) is 25.0 Å². The summed E-state index contributed by atoms with van der Waals surface area (Å²) >= 11 is 2.66. The molecule has 0 unspecified atom stereocenters. The number of thiazole rings is 1. The van der Waals surface area contributed by atoms with E-state index in [0.717, 1.165) is 29.5 Å². The molecular formula is C21H16N4O3S2. The maximum Gasteiger partial charge on any atom is 0.293 e. The summed E-state index contributed by atoms with van der Waals surface area (Å²) in [7, 11) is 0. The number of nitrogens with zero attached hydrogens (tertiary/aromatic N) is 3. The average Bonchev–Trinajstić information content (AvgIpc) is 3.35. The molecule has 0 fully saturated rings. The molecule has 0 saturated heterocycles. The number of carbonyl (C=O) groups excluding carboxylic acids is 2. The van der Waals surface area contributed by atoms with E-state index in [0.29, 0.717) is 32.9 Å². The van der Waals surface area contributed by atoms with E-state index in [1.165, 1.54) is 23.1 Å². The second-order valence-corrected chi connectivity index (χ2v) is 8.69. The van der Waals surface area contributed by atoms with Gasteiger partial charge < -0.3 is 4.42 Å². The third-order valence-corrected chi connectivity index (χ3v) is 6.74. The van der Waals surface area contributed by atoms with Crippen LogP contribution in [0.3, 0.4) is 0 Å². The summed E-state index contributed by atoms with van der Waals surface area (Å²) in [6.45, 7) is 0. The highest BCUT2D eigenvalue weighted by Crippen LogP contribution is 2.33. The lowest BCUT2D eigenvalue weighted by Crippen LogP contribution is -2.12. The number of thioether (sulfide) groups is 1. The van der Waals surface area contributed by atoms with Gasteiger partial charge in [0.1, 0.15) is 5.58 Å². The van der Waals surface area contributed by atoms with Crippen LogP contribution in [0, 0.1) is 0 Å². The summed E-state index contributed by atoms with van der Waals surface area (Å²) in [5.74, 6) is 0.433. The van der Waals surface area contributed by atoms with Crippen molar-refractivity contribution >= 4 is 50.9 Å². The van der Waals surface area contributed by atoms with Crippen LogP contribution in [0.2, 0.25) is 0 Å². The van der Waals surface area contributed by atoms with E-state index in [1.54, 1.807) is 18.5 Å². The smallest absolute Gasteiger partial charge is 0.293 e. The van der Waals surface area contributed by atoms with Crippen molar-refractivity contribution in [3.63, 3.8) is 0 Å². The Morgan fingerprint density at radius 1 is 1.17 bits per heavy atom. The van der Waals surface area contributed by atoms with Crippen LogP contribution in [0.15, 0.2) is 52.3 Å². The number of para-hydroxylation sites is 1. The minimum atomic E-state index is -0.380. The van der Waals surface area contributed by atoms with Crippen LogP contribution in [0.4, 0.5) is 5.13 Å². The number of amides is 1. The molecular weight excluding hydrogens is 420 g/mol. The Labute approximate surface area is 180 Å². The van der Waals surface area contributed by atoms with Crippen molar-refractivity contribution < 1.29 is 14.0 Å². The van der Waals surface area contributed by atoms with Crippen molar-refractivity contribution in [3.8, 4) is 0 Å². The zero-order valence-electron chi connectivity index (χ0n) is 15.8. The van der Waals surface area contributed by atoms with E-state index < -0.39 is 0 Å². The number of anilines is 1. The molecule has 7 nitrogen and oxygen atoms in total. The number of benzene rings is 1. The number of ketones is 1. The quantitative estimate of drug-likeness (QED) is 0.356. The lowest BCUT2D eigenvalue weighted by molar-refractivity contribution is 0.0974. The number of furan rings is 1. The van der Waals surface area contributed by atoms with Crippen LogP contribution >= 0.6 is 23.1 Å². The second kappa shape index (κ2) is 8.00. The first-order valence-corrected chi connectivity index (χ1v) is 11.2. The summed E-state index contributed by atoms with van der Waals surface area (Å²) in [6.07, 6.45) is 5.46. The molecule has 9 heteroatoms. The molecule has 3 aromatic heterocycles. The summed E-state index contributed by atoms with van der Waals surface area (Å²) in [4.78, 5) is 38.7. The van der Waals surface area contributed by atoms with Gasteiger partial charge in [-0.2, -0.15) is 0 Å². The van der Waals surface area contributed by atoms with Crippen LogP contribution in [0.5, 0.6) is 0 Å². The highest BCUT2D eigenvalue weighted by atomic mass is 32.2. The first-order chi connectivity index (χ1) is 14.7. The molecule has 30 heavy (non-hydrogen) atoms. The summed E-state index contributed by atoms with van der Waals surface area (Å²) < 4.78 is 5.89. The monoisotopic (exact) mass is 436 g/mol. The normalized spacial score (nSPS) is 13.4. The largest absolute Gasteiger partial charge is 0.451 e. The van der Waals surface area contributed by atoms with E-state index in [2.05, 4.69) is 20.3 Å². The molecule has 5 rings (SSSR count). The van der Waals surface area contributed by atoms with Crippen LogP contribution in [0.1, 0.15) is 44.3 Å². The number of fused-ring (bicyclic) bond motifs is 2. The molecule has 0 saturated carbocycles. The number of hydrogen-bond donors (Lipinski definition) is 1. The number of aromatic nitrogens is 3. The molecule has 1 aliphatic rings. The fourth-order valence-electron chi connectivity index (χ4n) is 3.40. The Hall–Kier alpha value is -3.04. The molecule has 0 atom stereocenters. The average molecular weight is 437 g/mol. The molecule has 0 bridgehead atoms. The van der Waals surface area contributed by atoms with Gasteiger partial charge in [0.15, 0.2) is 21.8 Å². The van der Waals surface area contributed by atoms with Gasteiger partial charge >= 0.3 is 0 Å². The summed E-state index contributed by atoms with van der Waals surface area (Å²) in [5.41, 5.74) is 2.19. The van der Waals surface area contributed by atoms with Crippen molar-refractivity contribution in [2.24, 2.45) is 0 Å². The highest BCUT2D eigenvalue weighted by Gasteiger charge is 2.25. The van der Waals surface area contributed by atoms with Crippen LogP contribution in [0.25, 0.3) is 11.0 Å². The van der Waals surface area contributed by atoms with Crippen LogP contribution < -0.4 is 5.32 Å². The minimum Gasteiger partial charge on any atom is -0.451 e. The lowest BCUT2D eigenvalue weighted by atomic mass is 10.0. The Balaban J connectivity index is 1.44. The van der Waals surface area contributed by atoms with E-state index in [9.17, 15) is 9.59 Å². The number of carbonyl (C=O) groups is 2. The number of rotatable bonds is 5. The standard InChI is InChI=1S/C21H16N4O3S2/c26-15-7-3-6-14-18(15)30-21(24-14)25-19(27)17-13(11-29-20-22-9-4-10-23-20)12-5-1-2-8-16(12)28-17/h1-2,4-5,8-10H,3,6-7,11H2,(H,24,25,27). The zero-order valence-corrected chi connectivity index (χ0v) is 17.4. The fraction of sp³-hybridized carbons (Fsp3) is 0.190. The Morgan fingerprint density at radius 3 is 2.83 bits per heavy atom. The van der Waals surface area contributed by atoms with Gasteiger partial charge in [0.05, 0.1) is 10.6 Å². The first-order valence-electron chi connectivity index (χ1n) is 9.43. The molecule has 1 N–H and O–H groups in total. The number of Topliss-reactive ketones (excluding diaryl/α,β-unsaturated/α-hetero) is 1. The maximum atomic E-state index is 13.0. The van der Waals surface area contributed by atoms with Gasteiger partial charge in [0.25, 0.3) is 5.91 Å². The Kier molecular flexibility index (Phi) is 5.06. The van der Waals surface area contributed by atoms with Gasteiger partial charge in [-0.25, -0.2) is 15.0 Å². The molecule has 1 aliphatic carbocycles. The van der Waals surface area contributed by atoms with Gasteiger partial charge in [-0.15, -0.1) is 0 Å². The van der Waals surface area contributed by atoms with Crippen LogP contribution in [-0.4, -0.2) is 26.6 Å². The minimum absolute atomic E-state index is 0.0953. The molecule has 150 valence electrons. The Bertz CT molecular complexity index is 1250. The maximum absolute atomic E-state index is 13.0. The van der Waals surface area contributed by atoms with Gasteiger partial charge in [-0.3, -0.25) is 14.9 Å².